The first-order valence-corrected chi connectivity index (χ1v) is 5.58. The molecule has 1 aliphatic rings. The molecule has 2 atom stereocenters. The quantitative estimate of drug-likeness (QED) is 0.763. The van der Waals surface area contributed by atoms with Crippen LogP contribution in [0.1, 0.15) is 18.2 Å². The molecule has 1 aromatic rings. The smallest absolute Gasteiger partial charge is 0.167 e. The van der Waals surface area contributed by atoms with E-state index in [1.54, 1.807) is 6.20 Å². The molecule has 76 valence electrons. The normalized spacial score (nSPS) is 26.6. The Labute approximate surface area is 87.3 Å². The third-order valence-electron chi connectivity index (χ3n) is 2.54. The highest BCUT2D eigenvalue weighted by molar-refractivity contribution is 7.05. The van der Waals surface area contributed by atoms with E-state index in [2.05, 4.69) is 11.3 Å². The van der Waals surface area contributed by atoms with E-state index in [-0.39, 0.29) is 11.9 Å². The molecule has 1 fully saturated rings. The number of ketones is 1. The van der Waals surface area contributed by atoms with E-state index >= 15 is 0 Å². The van der Waals surface area contributed by atoms with E-state index < -0.39 is 0 Å². The molecular weight excluding hydrogens is 198 g/mol. The Balaban J connectivity index is 1.95. The first kappa shape index (κ1) is 9.80. The van der Waals surface area contributed by atoms with Gasteiger partial charge in [-0.05, 0) is 29.9 Å². The summed E-state index contributed by atoms with van der Waals surface area (Å²) in [4.78, 5) is 12.8. The zero-order valence-corrected chi connectivity index (χ0v) is 8.92. The molecule has 4 heteroatoms. The Kier molecular flexibility index (Phi) is 2.93. The van der Waals surface area contributed by atoms with Gasteiger partial charge in [0.25, 0.3) is 0 Å². The molecule has 0 spiro atoms. The molecule has 2 rings (SSSR count). The van der Waals surface area contributed by atoms with Crippen LogP contribution in [0.5, 0.6) is 0 Å². The van der Waals surface area contributed by atoms with Crippen molar-refractivity contribution in [2.75, 3.05) is 6.61 Å². The largest absolute Gasteiger partial charge is 0.370 e. The second-order valence-corrected chi connectivity index (χ2v) is 4.60. The summed E-state index contributed by atoms with van der Waals surface area (Å²) in [7, 11) is 0. The third kappa shape index (κ3) is 2.01. The number of carbonyl (C=O) groups excluding carboxylic acids is 1. The lowest BCUT2D eigenvalue weighted by atomic mass is 9.99. The van der Waals surface area contributed by atoms with Crippen LogP contribution in [0, 0.1) is 5.92 Å². The van der Waals surface area contributed by atoms with Gasteiger partial charge in [0.05, 0.1) is 0 Å². The Morgan fingerprint density at radius 1 is 1.79 bits per heavy atom. The van der Waals surface area contributed by atoms with Gasteiger partial charge >= 0.3 is 0 Å². The Morgan fingerprint density at radius 3 is 3.21 bits per heavy atom. The van der Waals surface area contributed by atoms with Gasteiger partial charge in [0.2, 0.25) is 0 Å². The van der Waals surface area contributed by atoms with Crippen LogP contribution in [0.3, 0.4) is 0 Å². The maximum atomic E-state index is 11.8. The number of Topliss-reactive ketones (excluding diaryl/α,β-unsaturated/α-hetero) is 1. The predicted octanol–water partition coefficient (Wildman–Crippen LogP) is 1.68. The number of nitrogens with zero attached hydrogens (tertiary/aromatic N) is 1. The summed E-state index contributed by atoms with van der Waals surface area (Å²) in [6, 6.07) is 1.89. The van der Waals surface area contributed by atoms with Gasteiger partial charge in [-0.15, -0.1) is 0 Å². The molecule has 1 aromatic heterocycles. The van der Waals surface area contributed by atoms with Crippen molar-refractivity contribution in [1.82, 2.24) is 4.37 Å². The first-order valence-electron chi connectivity index (χ1n) is 4.81. The van der Waals surface area contributed by atoms with Crippen LogP contribution in [-0.4, -0.2) is 22.9 Å². The predicted molar refractivity (Wildman–Crippen MR) is 54.3 cm³/mol. The molecule has 0 aromatic carbocycles. The van der Waals surface area contributed by atoms with Crippen molar-refractivity contribution in [3.63, 3.8) is 0 Å². The van der Waals surface area contributed by atoms with Crippen LogP contribution in [0.25, 0.3) is 0 Å². The van der Waals surface area contributed by atoms with Crippen LogP contribution in [-0.2, 0) is 16.0 Å². The van der Waals surface area contributed by atoms with Crippen molar-refractivity contribution in [3.8, 4) is 0 Å². The molecular formula is C10H13NO2S. The minimum absolute atomic E-state index is 0.183. The van der Waals surface area contributed by atoms with Crippen LogP contribution in [0.2, 0.25) is 0 Å². The average molecular weight is 211 g/mol. The van der Waals surface area contributed by atoms with Gasteiger partial charge in [0.1, 0.15) is 6.10 Å². The van der Waals surface area contributed by atoms with Gasteiger partial charge in [-0.25, -0.2) is 4.37 Å². The summed E-state index contributed by atoms with van der Waals surface area (Å²) in [6.07, 6.45) is 3.02. The molecule has 2 heterocycles. The van der Waals surface area contributed by atoms with E-state index in [0.29, 0.717) is 12.3 Å². The monoisotopic (exact) mass is 211 g/mol. The number of rotatable bonds is 3. The zero-order chi connectivity index (χ0) is 9.97. The lowest BCUT2D eigenvalue weighted by Gasteiger charge is -2.11. The van der Waals surface area contributed by atoms with Crippen LogP contribution in [0.15, 0.2) is 12.3 Å². The fraction of sp³-hybridized carbons (Fsp3) is 0.600. The maximum Gasteiger partial charge on any atom is 0.167 e. The van der Waals surface area contributed by atoms with Crippen LogP contribution < -0.4 is 0 Å². The Hall–Kier alpha value is -0.740. The number of hydrogen-bond acceptors (Lipinski definition) is 4. The van der Waals surface area contributed by atoms with E-state index in [9.17, 15) is 4.79 Å². The molecule has 0 radical (unpaired) electrons. The number of carbonyl (C=O) groups is 1. The maximum absolute atomic E-state index is 11.8. The van der Waals surface area contributed by atoms with Gasteiger partial charge in [-0.2, -0.15) is 0 Å². The van der Waals surface area contributed by atoms with Crippen molar-refractivity contribution in [2.24, 2.45) is 5.92 Å². The van der Waals surface area contributed by atoms with Gasteiger partial charge < -0.3 is 4.74 Å². The molecule has 1 saturated heterocycles. The number of aromatic nitrogens is 1. The fourth-order valence-corrected chi connectivity index (χ4v) is 2.30. The summed E-state index contributed by atoms with van der Waals surface area (Å²) in [5.41, 5.74) is 0. The number of ether oxygens (including phenoxy) is 1. The summed E-state index contributed by atoms with van der Waals surface area (Å²) in [5.74, 6) is 0.565. The number of hydrogen-bond donors (Lipinski definition) is 0. The van der Waals surface area contributed by atoms with Crippen molar-refractivity contribution >= 4 is 17.3 Å². The van der Waals surface area contributed by atoms with E-state index in [4.69, 9.17) is 4.74 Å². The molecule has 0 aliphatic carbocycles. The molecule has 0 amide bonds. The third-order valence-corrected chi connectivity index (χ3v) is 3.29. The van der Waals surface area contributed by atoms with Crippen molar-refractivity contribution in [2.45, 2.75) is 25.9 Å². The molecule has 3 nitrogen and oxygen atoms in total. The Bertz CT molecular complexity index is 310. The molecule has 14 heavy (non-hydrogen) atoms. The minimum Gasteiger partial charge on any atom is -0.370 e. The highest BCUT2D eigenvalue weighted by Crippen LogP contribution is 2.22. The molecule has 2 unspecified atom stereocenters. The van der Waals surface area contributed by atoms with Gasteiger partial charge in [-0.1, -0.05) is 6.92 Å². The van der Waals surface area contributed by atoms with E-state index in [0.717, 1.165) is 17.9 Å². The van der Waals surface area contributed by atoms with Crippen molar-refractivity contribution in [1.29, 1.82) is 0 Å². The zero-order valence-electron chi connectivity index (χ0n) is 8.10. The van der Waals surface area contributed by atoms with Gasteiger partial charge in [0.15, 0.2) is 5.78 Å². The second kappa shape index (κ2) is 4.19. The standard InChI is InChI=1S/C10H13NO2S/c1-7-3-5-13-10(7)9(12)6-8-2-4-11-14-8/h2,4,7,10H,3,5-6H2,1H3. The SMILES string of the molecule is CC1CCOC1C(=O)Cc1ccns1. The summed E-state index contributed by atoms with van der Waals surface area (Å²) in [6.45, 7) is 2.79. The second-order valence-electron chi connectivity index (χ2n) is 3.68. The topological polar surface area (TPSA) is 39.2 Å². The van der Waals surface area contributed by atoms with Crippen LogP contribution >= 0.6 is 11.5 Å². The lowest BCUT2D eigenvalue weighted by Crippen LogP contribution is -2.26. The lowest BCUT2D eigenvalue weighted by molar-refractivity contribution is -0.128. The minimum atomic E-state index is -0.183. The van der Waals surface area contributed by atoms with E-state index in [1.165, 1.54) is 11.5 Å². The van der Waals surface area contributed by atoms with Crippen molar-refractivity contribution in [3.05, 3.63) is 17.1 Å². The van der Waals surface area contributed by atoms with Crippen molar-refractivity contribution < 1.29 is 9.53 Å². The molecule has 1 aliphatic heterocycles. The molecule has 0 bridgehead atoms. The summed E-state index contributed by atoms with van der Waals surface area (Å²) >= 11 is 1.38. The highest BCUT2D eigenvalue weighted by Gasteiger charge is 2.30. The van der Waals surface area contributed by atoms with Gasteiger partial charge in [0, 0.05) is 24.1 Å². The average Bonchev–Trinajstić information content (AvgIpc) is 2.75. The fourth-order valence-electron chi connectivity index (χ4n) is 1.71. The summed E-state index contributed by atoms with van der Waals surface area (Å²) in [5, 5.41) is 0. The highest BCUT2D eigenvalue weighted by atomic mass is 32.1. The van der Waals surface area contributed by atoms with Crippen LogP contribution in [0.4, 0.5) is 0 Å². The molecule has 0 N–H and O–H groups in total. The summed E-state index contributed by atoms with van der Waals surface area (Å²) < 4.78 is 9.38. The van der Waals surface area contributed by atoms with Gasteiger partial charge in [-0.3, -0.25) is 4.79 Å². The van der Waals surface area contributed by atoms with E-state index in [1.807, 2.05) is 6.07 Å². The Morgan fingerprint density at radius 2 is 2.64 bits per heavy atom. The molecule has 0 saturated carbocycles. The first-order chi connectivity index (χ1) is 6.77.